The van der Waals surface area contributed by atoms with Crippen molar-refractivity contribution < 1.29 is 27.5 Å². The summed E-state index contributed by atoms with van der Waals surface area (Å²) in [5.74, 6) is -0.504. The minimum Gasteiger partial charge on any atom is -0.367 e. The van der Waals surface area contributed by atoms with Crippen LogP contribution in [0.2, 0.25) is 0 Å². The van der Waals surface area contributed by atoms with Gasteiger partial charge in [-0.1, -0.05) is 30.3 Å². The van der Waals surface area contributed by atoms with Crippen molar-refractivity contribution in [3.05, 3.63) is 47.3 Å². The smallest absolute Gasteiger partial charge is 0.367 e. The number of hydrogen-bond donors (Lipinski definition) is 1. The van der Waals surface area contributed by atoms with Crippen molar-refractivity contribution in [2.75, 3.05) is 26.2 Å². The second kappa shape index (κ2) is 9.67. The summed E-state index contributed by atoms with van der Waals surface area (Å²) < 4.78 is 46.5. The van der Waals surface area contributed by atoms with Gasteiger partial charge in [-0.2, -0.15) is 13.2 Å². The van der Waals surface area contributed by atoms with Crippen LogP contribution in [0.15, 0.2) is 30.3 Å². The molecule has 2 aromatic rings. The fourth-order valence-corrected chi connectivity index (χ4v) is 4.24. The maximum Gasteiger partial charge on any atom is 0.433 e. The SMILES string of the molecule is C[C@H]1CN(C[C@H](N)CC(=O)N2CCc3c(nc(-c4ccccc4)nc3C(F)(F)F)C2)C(=O)CO1. The molecule has 2 amide bonds. The van der Waals surface area contributed by atoms with Crippen LogP contribution in [-0.2, 0) is 33.5 Å². The molecule has 0 bridgehead atoms. The minimum atomic E-state index is -4.63. The minimum absolute atomic E-state index is 0.000309. The van der Waals surface area contributed by atoms with Crippen LogP contribution in [0.1, 0.15) is 30.3 Å². The highest BCUT2D eigenvalue weighted by Crippen LogP contribution is 2.35. The van der Waals surface area contributed by atoms with Gasteiger partial charge in [-0.15, -0.1) is 0 Å². The molecule has 1 aromatic carbocycles. The fraction of sp³-hybridized carbons (Fsp3) is 0.478. The molecule has 2 aliphatic rings. The van der Waals surface area contributed by atoms with E-state index in [9.17, 15) is 22.8 Å². The van der Waals surface area contributed by atoms with E-state index in [-0.39, 0.29) is 74.1 Å². The maximum atomic E-state index is 13.8. The number of benzene rings is 1. The van der Waals surface area contributed by atoms with Crippen LogP contribution in [-0.4, -0.2) is 70.0 Å². The highest BCUT2D eigenvalue weighted by Gasteiger charge is 2.39. The Hall–Kier alpha value is -3.05. The van der Waals surface area contributed by atoms with Gasteiger partial charge in [-0.25, -0.2) is 9.97 Å². The number of carbonyl (C=O) groups excluding carboxylic acids is 2. The summed E-state index contributed by atoms with van der Waals surface area (Å²) in [6.45, 7) is 2.50. The van der Waals surface area contributed by atoms with E-state index in [0.717, 1.165) is 0 Å². The van der Waals surface area contributed by atoms with Crippen molar-refractivity contribution >= 4 is 11.8 Å². The Labute approximate surface area is 194 Å². The topological polar surface area (TPSA) is 102 Å². The molecule has 1 saturated heterocycles. The van der Waals surface area contributed by atoms with E-state index >= 15 is 0 Å². The molecule has 0 unspecified atom stereocenters. The molecule has 0 spiro atoms. The number of amides is 2. The molecule has 0 radical (unpaired) electrons. The Morgan fingerprint density at radius 2 is 2.00 bits per heavy atom. The van der Waals surface area contributed by atoms with Crippen LogP contribution >= 0.6 is 0 Å². The molecular weight excluding hydrogens is 451 g/mol. The van der Waals surface area contributed by atoms with Crippen LogP contribution in [0.3, 0.4) is 0 Å². The lowest BCUT2D eigenvalue weighted by Crippen LogP contribution is -2.51. The van der Waals surface area contributed by atoms with Crippen molar-refractivity contribution in [2.45, 2.75) is 44.6 Å². The number of rotatable bonds is 5. The summed E-state index contributed by atoms with van der Waals surface area (Å²) in [5.41, 5.74) is 5.85. The van der Waals surface area contributed by atoms with Gasteiger partial charge >= 0.3 is 6.18 Å². The van der Waals surface area contributed by atoms with E-state index in [0.29, 0.717) is 12.1 Å². The van der Waals surface area contributed by atoms with Gasteiger partial charge in [0.05, 0.1) is 18.3 Å². The first-order valence-corrected chi connectivity index (χ1v) is 11.1. The third-order valence-corrected chi connectivity index (χ3v) is 5.93. The maximum absolute atomic E-state index is 13.8. The number of ether oxygens (including phenoxy) is 1. The summed E-state index contributed by atoms with van der Waals surface area (Å²) in [5, 5.41) is 0. The van der Waals surface area contributed by atoms with E-state index in [4.69, 9.17) is 10.5 Å². The predicted octanol–water partition coefficient (Wildman–Crippen LogP) is 2.01. The molecule has 8 nitrogen and oxygen atoms in total. The first-order chi connectivity index (χ1) is 16.1. The van der Waals surface area contributed by atoms with Gasteiger partial charge in [0.15, 0.2) is 11.5 Å². The molecule has 0 saturated carbocycles. The quantitative estimate of drug-likeness (QED) is 0.707. The van der Waals surface area contributed by atoms with Crippen LogP contribution < -0.4 is 5.73 Å². The first kappa shape index (κ1) is 24.1. The van der Waals surface area contributed by atoms with Gasteiger partial charge < -0.3 is 20.3 Å². The Balaban J connectivity index is 1.49. The second-order valence-electron chi connectivity index (χ2n) is 8.63. The third-order valence-electron chi connectivity index (χ3n) is 5.93. The standard InChI is InChI=1S/C23H26F3N5O3/c1-14-10-31(20(33)13-34-14)11-16(27)9-19(32)30-8-7-17-18(12-30)28-22(15-5-3-2-4-6-15)29-21(17)23(24,25)26/h2-6,14,16H,7-13,27H2,1H3/t14-,16+/m0/s1. The molecule has 182 valence electrons. The predicted molar refractivity (Wildman–Crippen MR) is 116 cm³/mol. The van der Waals surface area contributed by atoms with Crippen LogP contribution in [0.25, 0.3) is 11.4 Å². The van der Waals surface area contributed by atoms with E-state index in [2.05, 4.69) is 9.97 Å². The highest BCUT2D eigenvalue weighted by molar-refractivity contribution is 5.79. The van der Waals surface area contributed by atoms with E-state index in [1.165, 1.54) is 4.90 Å². The third kappa shape index (κ3) is 5.36. The monoisotopic (exact) mass is 477 g/mol. The highest BCUT2D eigenvalue weighted by atomic mass is 19.4. The van der Waals surface area contributed by atoms with Crippen LogP contribution in [0, 0.1) is 0 Å². The lowest BCUT2D eigenvalue weighted by atomic mass is 10.0. The molecular formula is C23H26F3N5O3. The number of halogens is 3. The van der Waals surface area contributed by atoms with Crippen LogP contribution in [0.5, 0.6) is 0 Å². The Morgan fingerprint density at radius 3 is 2.71 bits per heavy atom. The zero-order valence-corrected chi connectivity index (χ0v) is 18.7. The van der Waals surface area contributed by atoms with Gasteiger partial charge in [0.2, 0.25) is 11.8 Å². The number of carbonyl (C=O) groups is 2. The first-order valence-electron chi connectivity index (χ1n) is 11.1. The van der Waals surface area contributed by atoms with Crippen LogP contribution in [0.4, 0.5) is 13.2 Å². The van der Waals surface area contributed by atoms with Gasteiger partial charge in [-0.05, 0) is 13.3 Å². The number of fused-ring (bicyclic) bond motifs is 1. The molecule has 3 heterocycles. The Morgan fingerprint density at radius 1 is 1.26 bits per heavy atom. The second-order valence-corrected chi connectivity index (χ2v) is 8.63. The number of nitrogens with zero attached hydrogens (tertiary/aromatic N) is 4. The molecule has 2 N–H and O–H groups in total. The number of morpholine rings is 1. The zero-order valence-electron chi connectivity index (χ0n) is 18.7. The molecule has 2 aliphatic heterocycles. The number of aromatic nitrogens is 2. The van der Waals surface area contributed by atoms with Crippen molar-refractivity contribution in [2.24, 2.45) is 5.73 Å². The molecule has 34 heavy (non-hydrogen) atoms. The van der Waals surface area contributed by atoms with E-state index in [1.54, 1.807) is 35.2 Å². The number of alkyl halides is 3. The van der Waals surface area contributed by atoms with Gasteiger partial charge in [-0.3, -0.25) is 9.59 Å². The summed E-state index contributed by atoms with van der Waals surface area (Å²) in [4.78, 5) is 36.1. The fourth-order valence-electron chi connectivity index (χ4n) is 4.24. The largest absolute Gasteiger partial charge is 0.433 e. The molecule has 1 aromatic heterocycles. The molecule has 1 fully saturated rings. The molecule has 0 aliphatic carbocycles. The van der Waals surface area contributed by atoms with Crippen molar-refractivity contribution in [3.8, 4) is 11.4 Å². The van der Waals surface area contributed by atoms with Crippen molar-refractivity contribution in [1.29, 1.82) is 0 Å². The average Bonchev–Trinajstić information content (AvgIpc) is 2.80. The lowest BCUT2D eigenvalue weighted by molar-refractivity contribution is -0.148. The Bertz CT molecular complexity index is 1060. The van der Waals surface area contributed by atoms with Gasteiger partial charge in [0.1, 0.15) is 6.61 Å². The zero-order chi connectivity index (χ0) is 24.5. The summed E-state index contributed by atoms with van der Waals surface area (Å²) in [6.07, 6.45) is -4.77. The molecule has 2 atom stereocenters. The Kier molecular flexibility index (Phi) is 6.85. The summed E-state index contributed by atoms with van der Waals surface area (Å²) >= 11 is 0. The lowest BCUT2D eigenvalue weighted by Gasteiger charge is -2.34. The summed E-state index contributed by atoms with van der Waals surface area (Å²) in [7, 11) is 0. The molecule has 4 rings (SSSR count). The summed E-state index contributed by atoms with van der Waals surface area (Å²) in [6, 6.07) is 7.83. The van der Waals surface area contributed by atoms with Crippen molar-refractivity contribution in [3.63, 3.8) is 0 Å². The normalized spacial score (nSPS) is 19.7. The van der Waals surface area contributed by atoms with E-state index < -0.39 is 17.9 Å². The number of hydrogen-bond acceptors (Lipinski definition) is 6. The van der Waals surface area contributed by atoms with Gasteiger partial charge in [0.25, 0.3) is 0 Å². The number of nitrogens with two attached hydrogens (primary N) is 1. The molecule has 11 heteroatoms. The van der Waals surface area contributed by atoms with Crippen molar-refractivity contribution in [1.82, 2.24) is 19.8 Å². The average molecular weight is 477 g/mol. The van der Waals surface area contributed by atoms with E-state index in [1.807, 2.05) is 6.92 Å². The van der Waals surface area contributed by atoms with Gasteiger partial charge in [0, 0.05) is 43.2 Å².